The van der Waals surface area contributed by atoms with Crippen molar-refractivity contribution in [2.75, 3.05) is 0 Å². The van der Waals surface area contributed by atoms with Gasteiger partial charge in [0, 0.05) is 0 Å². The zero-order valence-electron chi connectivity index (χ0n) is 18.4. The quantitative estimate of drug-likeness (QED) is 0.180. The molecule has 25 heavy (non-hydrogen) atoms. The molecule has 0 radical (unpaired) electrons. The Morgan fingerprint density at radius 1 is 0.320 bits per heavy atom. The third-order valence-electron chi connectivity index (χ3n) is 5.90. The molecule has 152 valence electrons. The van der Waals surface area contributed by atoms with Crippen molar-refractivity contribution in [3.63, 3.8) is 0 Å². The van der Waals surface area contributed by atoms with E-state index < -0.39 is 0 Å². The maximum absolute atomic E-state index is 2.33. The second kappa shape index (κ2) is 22.0. The molecule has 0 unspecified atom stereocenters. The molecule has 0 N–H and O–H groups in total. The predicted molar refractivity (Wildman–Crippen MR) is 117 cm³/mol. The summed E-state index contributed by atoms with van der Waals surface area (Å²) in [6.45, 7) is 6.96. The summed E-state index contributed by atoms with van der Waals surface area (Å²) in [6.07, 6.45) is 30.8. The van der Waals surface area contributed by atoms with Crippen molar-refractivity contribution in [3.05, 3.63) is 0 Å². The van der Waals surface area contributed by atoms with Crippen molar-refractivity contribution in [2.24, 2.45) is 5.92 Å². The van der Waals surface area contributed by atoms with Gasteiger partial charge in [0.25, 0.3) is 0 Å². The highest BCUT2D eigenvalue weighted by Crippen LogP contribution is 2.24. The largest absolute Gasteiger partial charge is 0.0654 e. The maximum Gasteiger partial charge on any atom is -0.0414 e. The Kier molecular flexibility index (Phi) is 22.0. The van der Waals surface area contributed by atoms with Gasteiger partial charge in [-0.3, -0.25) is 0 Å². The highest BCUT2D eigenvalue weighted by Gasteiger charge is 2.08. The molecule has 0 heterocycles. The van der Waals surface area contributed by atoms with Crippen molar-refractivity contribution in [3.8, 4) is 0 Å². The Bertz CT molecular complexity index is 208. The molecule has 0 aromatic carbocycles. The Labute approximate surface area is 161 Å². The minimum atomic E-state index is 1.04. The van der Waals surface area contributed by atoms with Gasteiger partial charge in [-0.25, -0.2) is 0 Å². The first-order valence-corrected chi connectivity index (χ1v) is 12.3. The van der Waals surface area contributed by atoms with E-state index in [-0.39, 0.29) is 0 Å². The topological polar surface area (TPSA) is 0 Å². The van der Waals surface area contributed by atoms with Crippen LogP contribution in [0.5, 0.6) is 0 Å². The van der Waals surface area contributed by atoms with E-state index in [1.54, 1.807) is 0 Å². The molecular weight excluding hydrogens is 300 g/mol. The molecule has 0 aliphatic heterocycles. The molecule has 0 aromatic rings. The molecule has 0 atom stereocenters. The molecule has 0 rings (SSSR count). The monoisotopic (exact) mass is 352 g/mol. The summed E-state index contributed by atoms with van der Waals surface area (Å²) in [5.41, 5.74) is 0. The molecule has 0 spiro atoms. The van der Waals surface area contributed by atoms with Crippen LogP contribution in [0, 0.1) is 5.92 Å². The first kappa shape index (κ1) is 25.0. The smallest absolute Gasteiger partial charge is 0.0414 e. The molecule has 0 aliphatic rings. The van der Waals surface area contributed by atoms with Gasteiger partial charge in [0.05, 0.1) is 0 Å². The lowest BCUT2D eigenvalue weighted by Gasteiger charge is -2.17. The Morgan fingerprint density at radius 3 is 0.880 bits per heavy atom. The average Bonchev–Trinajstić information content (AvgIpc) is 2.63. The number of hydrogen-bond donors (Lipinski definition) is 0. The summed E-state index contributed by atoms with van der Waals surface area (Å²) in [5, 5.41) is 0. The van der Waals surface area contributed by atoms with Crippen molar-refractivity contribution in [1.29, 1.82) is 0 Å². The summed E-state index contributed by atoms with van der Waals surface area (Å²) < 4.78 is 0. The second-order valence-corrected chi connectivity index (χ2v) is 8.54. The molecule has 0 amide bonds. The predicted octanol–water partition coefficient (Wildman–Crippen LogP) is 9.85. The summed E-state index contributed by atoms with van der Waals surface area (Å²) in [4.78, 5) is 0. The van der Waals surface area contributed by atoms with E-state index >= 15 is 0 Å². The lowest BCUT2D eigenvalue weighted by Crippen LogP contribution is -2.01. The van der Waals surface area contributed by atoms with Gasteiger partial charge in [-0.15, -0.1) is 0 Å². The number of unbranched alkanes of at least 4 members (excludes halogenated alkanes) is 15. The highest BCUT2D eigenvalue weighted by molar-refractivity contribution is 4.62. The van der Waals surface area contributed by atoms with Gasteiger partial charge in [-0.1, -0.05) is 156 Å². The minimum Gasteiger partial charge on any atom is -0.0654 e. The number of hydrogen-bond acceptors (Lipinski definition) is 0. The zero-order valence-corrected chi connectivity index (χ0v) is 18.4. The summed E-state index contributed by atoms with van der Waals surface area (Å²) in [7, 11) is 0. The summed E-state index contributed by atoms with van der Waals surface area (Å²) >= 11 is 0. The average molecular weight is 353 g/mol. The van der Waals surface area contributed by atoms with Gasteiger partial charge < -0.3 is 0 Å². The van der Waals surface area contributed by atoms with Crippen molar-refractivity contribution in [2.45, 2.75) is 156 Å². The SMILES string of the molecule is CCCCCCCCCCCCC(CCCCCC)CCCCCC. The fourth-order valence-corrected chi connectivity index (χ4v) is 4.07. The van der Waals surface area contributed by atoms with Crippen LogP contribution in [0.1, 0.15) is 156 Å². The Hall–Kier alpha value is 0. The molecule has 0 fully saturated rings. The fraction of sp³-hybridized carbons (Fsp3) is 1.00. The van der Waals surface area contributed by atoms with Crippen LogP contribution in [0.25, 0.3) is 0 Å². The van der Waals surface area contributed by atoms with Crippen LogP contribution in [0.4, 0.5) is 0 Å². The number of rotatable bonds is 21. The first-order chi connectivity index (χ1) is 12.3. The van der Waals surface area contributed by atoms with Gasteiger partial charge in [0.1, 0.15) is 0 Å². The minimum absolute atomic E-state index is 1.04. The lowest BCUT2D eigenvalue weighted by atomic mass is 9.89. The molecular formula is C25H52. The molecule has 0 aliphatic carbocycles. The van der Waals surface area contributed by atoms with Crippen LogP contribution in [-0.4, -0.2) is 0 Å². The lowest BCUT2D eigenvalue weighted by molar-refractivity contribution is 0.367. The van der Waals surface area contributed by atoms with Gasteiger partial charge in [0.15, 0.2) is 0 Å². The molecule has 0 bridgehead atoms. The third-order valence-corrected chi connectivity index (χ3v) is 5.90. The second-order valence-electron chi connectivity index (χ2n) is 8.54. The van der Waals surface area contributed by atoms with Crippen molar-refractivity contribution in [1.82, 2.24) is 0 Å². The highest BCUT2D eigenvalue weighted by atomic mass is 14.1. The van der Waals surface area contributed by atoms with Crippen molar-refractivity contribution < 1.29 is 0 Å². The Morgan fingerprint density at radius 2 is 0.560 bits per heavy atom. The molecule has 0 heteroatoms. The standard InChI is InChI=1S/C25H52/c1-4-7-10-13-14-15-16-17-18-21-24-25(22-19-11-8-5-2)23-20-12-9-6-3/h25H,4-24H2,1-3H3. The fourth-order valence-electron chi connectivity index (χ4n) is 4.07. The molecule has 0 aromatic heterocycles. The molecule has 0 saturated heterocycles. The van der Waals surface area contributed by atoms with E-state index in [0.717, 1.165) is 5.92 Å². The molecule has 0 nitrogen and oxygen atoms in total. The van der Waals surface area contributed by atoms with E-state index in [9.17, 15) is 0 Å². The Balaban J connectivity index is 3.59. The van der Waals surface area contributed by atoms with Crippen LogP contribution in [0.2, 0.25) is 0 Å². The van der Waals surface area contributed by atoms with E-state index in [1.807, 2.05) is 0 Å². The van der Waals surface area contributed by atoms with Crippen LogP contribution in [0.3, 0.4) is 0 Å². The van der Waals surface area contributed by atoms with Crippen LogP contribution in [-0.2, 0) is 0 Å². The van der Waals surface area contributed by atoms with Crippen LogP contribution < -0.4 is 0 Å². The first-order valence-electron chi connectivity index (χ1n) is 12.3. The normalized spacial score (nSPS) is 11.5. The van der Waals surface area contributed by atoms with E-state index in [2.05, 4.69) is 20.8 Å². The van der Waals surface area contributed by atoms with Gasteiger partial charge in [-0.05, 0) is 5.92 Å². The van der Waals surface area contributed by atoms with Gasteiger partial charge in [0.2, 0.25) is 0 Å². The van der Waals surface area contributed by atoms with E-state index in [1.165, 1.54) is 135 Å². The maximum atomic E-state index is 2.33. The third kappa shape index (κ3) is 20.2. The van der Waals surface area contributed by atoms with Gasteiger partial charge in [-0.2, -0.15) is 0 Å². The van der Waals surface area contributed by atoms with Crippen LogP contribution >= 0.6 is 0 Å². The van der Waals surface area contributed by atoms with Crippen LogP contribution in [0.15, 0.2) is 0 Å². The zero-order chi connectivity index (χ0) is 18.4. The summed E-state index contributed by atoms with van der Waals surface area (Å²) in [6, 6.07) is 0. The molecule has 0 saturated carbocycles. The van der Waals surface area contributed by atoms with E-state index in [0.29, 0.717) is 0 Å². The summed E-state index contributed by atoms with van der Waals surface area (Å²) in [5.74, 6) is 1.04. The van der Waals surface area contributed by atoms with E-state index in [4.69, 9.17) is 0 Å². The van der Waals surface area contributed by atoms with Crippen molar-refractivity contribution >= 4 is 0 Å². The van der Waals surface area contributed by atoms with Gasteiger partial charge >= 0.3 is 0 Å².